The van der Waals surface area contributed by atoms with Gasteiger partial charge in [0.15, 0.2) is 0 Å². The summed E-state index contributed by atoms with van der Waals surface area (Å²) in [4.78, 5) is 13.3. The summed E-state index contributed by atoms with van der Waals surface area (Å²) in [6.07, 6.45) is 0. The molecule has 0 saturated carbocycles. The Morgan fingerprint density at radius 2 is 1.89 bits per heavy atom. The Kier molecular flexibility index (Phi) is 6.78. The smallest absolute Gasteiger partial charge is 0.282 e. The Morgan fingerprint density at radius 1 is 1.15 bits per heavy atom. The summed E-state index contributed by atoms with van der Waals surface area (Å²) < 4.78 is 18.3. The van der Waals surface area contributed by atoms with Gasteiger partial charge in [-0.1, -0.05) is 23.5 Å². The van der Waals surface area contributed by atoms with Crippen LogP contribution in [0.3, 0.4) is 0 Å². The Labute approximate surface area is 165 Å². The molecular formula is C19H18FN3O2S2. The number of hydrogen-bond donors (Lipinski definition) is 1. The molecule has 1 aromatic heterocycles. The molecule has 0 bridgehead atoms. The molecule has 0 aliphatic carbocycles. The second kappa shape index (κ2) is 9.48. The lowest BCUT2D eigenvalue weighted by Gasteiger charge is -2.03. The molecule has 3 rings (SSSR count). The summed E-state index contributed by atoms with van der Waals surface area (Å²) >= 11 is 2.89. The molecule has 1 amide bonds. The van der Waals surface area contributed by atoms with Crippen molar-refractivity contribution >= 4 is 29.0 Å². The average Bonchev–Trinajstić information content (AvgIpc) is 3.16. The lowest BCUT2D eigenvalue weighted by Crippen LogP contribution is -2.22. The Bertz CT molecular complexity index is 883. The van der Waals surface area contributed by atoms with Gasteiger partial charge in [0.2, 0.25) is 5.01 Å². The van der Waals surface area contributed by atoms with Gasteiger partial charge in [0.25, 0.3) is 5.91 Å². The van der Waals surface area contributed by atoms with Crippen LogP contribution in [0.1, 0.15) is 27.3 Å². The third-order valence-corrected chi connectivity index (χ3v) is 5.65. The molecule has 0 unspecified atom stereocenters. The van der Waals surface area contributed by atoms with Crippen LogP contribution in [0.15, 0.2) is 53.4 Å². The summed E-state index contributed by atoms with van der Waals surface area (Å²) in [5.41, 5.74) is 0.820. The average molecular weight is 404 g/mol. The van der Waals surface area contributed by atoms with Gasteiger partial charge in [0, 0.05) is 11.4 Å². The number of aromatic nitrogens is 2. The van der Waals surface area contributed by atoms with Gasteiger partial charge < -0.3 is 10.1 Å². The van der Waals surface area contributed by atoms with Crippen LogP contribution in [0.25, 0.3) is 0 Å². The van der Waals surface area contributed by atoms with Crippen molar-refractivity contribution in [1.82, 2.24) is 15.5 Å². The lowest BCUT2D eigenvalue weighted by atomic mass is 10.2. The fourth-order valence-electron chi connectivity index (χ4n) is 2.21. The first-order valence-electron chi connectivity index (χ1n) is 8.34. The Morgan fingerprint density at radius 3 is 2.59 bits per heavy atom. The van der Waals surface area contributed by atoms with Crippen molar-refractivity contribution in [2.75, 3.05) is 6.61 Å². The van der Waals surface area contributed by atoms with Crippen LogP contribution >= 0.6 is 23.1 Å². The van der Waals surface area contributed by atoms with Crippen LogP contribution in [0, 0.1) is 5.82 Å². The van der Waals surface area contributed by atoms with Crippen molar-refractivity contribution < 1.29 is 13.9 Å². The Hall–Kier alpha value is -2.45. The molecule has 0 spiro atoms. The highest BCUT2D eigenvalue weighted by atomic mass is 32.2. The number of halogens is 1. The zero-order chi connectivity index (χ0) is 19.1. The molecule has 0 radical (unpaired) electrons. The quantitative estimate of drug-likeness (QED) is 0.568. The fraction of sp³-hybridized carbons (Fsp3) is 0.211. The fourth-order valence-corrected chi connectivity index (χ4v) is 3.85. The second-order valence-corrected chi connectivity index (χ2v) is 7.61. The minimum absolute atomic E-state index is 0.283. The maximum absolute atomic E-state index is 12.9. The number of amides is 1. The molecule has 2 aromatic carbocycles. The normalized spacial score (nSPS) is 10.6. The minimum atomic E-state index is -0.302. The van der Waals surface area contributed by atoms with E-state index in [9.17, 15) is 9.18 Å². The number of carbonyl (C=O) groups excluding carboxylic acids is 1. The van der Waals surface area contributed by atoms with Gasteiger partial charge >= 0.3 is 0 Å². The minimum Gasteiger partial charge on any atom is -0.494 e. The van der Waals surface area contributed by atoms with E-state index in [-0.39, 0.29) is 11.7 Å². The van der Waals surface area contributed by atoms with Gasteiger partial charge in [-0.2, -0.15) is 0 Å². The first-order chi connectivity index (χ1) is 13.1. The molecule has 3 aromatic rings. The molecule has 0 fully saturated rings. The number of benzene rings is 2. The number of nitrogens with zero attached hydrogens (tertiary/aromatic N) is 2. The summed E-state index contributed by atoms with van der Waals surface area (Å²) in [6.45, 7) is 2.91. The number of ether oxygens (including phenoxy) is 1. The molecule has 0 saturated heterocycles. The third-order valence-electron chi connectivity index (χ3n) is 3.52. The number of thioether (sulfide) groups is 1. The highest BCUT2D eigenvalue weighted by Gasteiger charge is 2.13. The first-order valence-corrected chi connectivity index (χ1v) is 10.1. The van der Waals surface area contributed by atoms with Crippen LogP contribution in [0.5, 0.6) is 5.75 Å². The predicted molar refractivity (Wildman–Crippen MR) is 105 cm³/mol. The van der Waals surface area contributed by atoms with Crippen LogP contribution < -0.4 is 10.1 Å². The van der Waals surface area contributed by atoms with Crippen molar-refractivity contribution in [3.05, 3.63) is 69.9 Å². The van der Waals surface area contributed by atoms with E-state index < -0.39 is 0 Å². The maximum atomic E-state index is 12.9. The number of nitrogens with one attached hydrogen (secondary N) is 1. The van der Waals surface area contributed by atoms with E-state index in [1.165, 1.54) is 23.5 Å². The van der Waals surface area contributed by atoms with E-state index in [4.69, 9.17) is 4.74 Å². The van der Waals surface area contributed by atoms with Gasteiger partial charge in [0.1, 0.15) is 16.6 Å². The van der Waals surface area contributed by atoms with Crippen molar-refractivity contribution in [3.63, 3.8) is 0 Å². The van der Waals surface area contributed by atoms with Gasteiger partial charge in [0.05, 0.1) is 12.4 Å². The maximum Gasteiger partial charge on any atom is 0.282 e. The van der Waals surface area contributed by atoms with Crippen LogP contribution in [-0.2, 0) is 12.3 Å². The predicted octanol–water partition coefficient (Wildman–Crippen LogP) is 4.30. The van der Waals surface area contributed by atoms with E-state index in [2.05, 4.69) is 15.5 Å². The molecule has 0 aliphatic rings. The summed E-state index contributed by atoms with van der Waals surface area (Å²) in [7, 11) is 0. The van der Waals surface area contributed by atoms with Crippen LogP contribution in [0.2, 0.25) is 0 Å². The molecular weight excluding hydrogens is 385 g/mol. The van der Waals surface area contributed by atoms with Crippen LogP contribution in [-0.4, -0.2) is 22.7 Å². The molecule has 8 heteroatoms. The molecule has 0 atom stereocenters. The van der Waals surface area contributed by atoms with Gasteiger partial charge in [-0.3, -0.25) is 4.79 Å². The van der Waals surface area contributed by atoms with Crippen molar-refractivity contribution in [2.45, 2.75) is 24.1 Å². The standard InChI is InChI=1S/C19H18FN3O2S2/c1-2-25-15-7-9-16(10-8-15)26-12-17-22-23-19(27-17)18(24)21-11-13-3-5-14(20)6-4-13/h3-10H,2,11-12H2,1H3,(H,21,24). The molecule has 140 valence electrons. The number of carbonyl (C=O) groups is 1. The van der Waals surface area contributed by atoms with E-state index in [0.717, 1.165) is 21.2 Å². The van der Waals surface area contributed by atoms with E-state index in [0.29, 0.717) is 23.9 Å². The SMILES string of the molecule is CCOc1ccc(SCc2nnc(C(=O)NCc3ccc(F)cc3)s2)cc1. The molecule has 1 heterocycles. The first kappa shape index (κ1) is 19.3. The van der Waals surface area contributed by atoms with Crippen LogP contribution in [0.4, 0.5) is 4.39 Å². The molecule has 0 aliphatic heterocycles. The van der Waals surface area contributed by atoms with E-state index >= 15 is 0 Å². The molecule has 1 N–H and O–H groups in total. The number of rotatable bonds is 8. The van der Waals surface area contributed by atoms with E-state index in [1.807, 2.05) is 31.2 Å². The van der Waals surface area contributed by atoms with E-state index in [1.54, 1.807) is 23.9 Å². The summed E-state index contributed by atoms with van der Waals surface area (Å²) in [5, 5.41) is 11.9. The van der Waals surface area contributed by atoms with Gasteiger partial charge in [-0.05, 0) is 48.9 Å². The van der Waals surface area contributed by atoms with Gasteiger partial charge in [-0.25, -0.2) is 4.39 Å². The zero-order valence-electron chi connectivity index (χ0n) is 14.6. The lowest BCUT2D eigenvalue weighted by molar-refractivity contribution is 0.0950. The van der Waals surface area contributed by atoms with Crippen molar-refractivity contribution in [3.8, 4) is 5.75 Å². The van der Waals surface area contributed by atoms with Gasteiger partial charge in [-0.15, -0.1) is 22.0 Å². The molecule has 5 nitrogen and oxygen atoms in total. The molecule has 27 heavy (non-hydrogen) atoms. The summed E-state index contributed by atoms with van der Waals surface area (Å²) in [5.74, 6) is 0.896. The van der Waals surface area contributed by atoms with Crippen molar-refractivity contribution in [1.29, 1.82) is 0 Å². The topological polar surface area (TPSA) is 64.1 Å². The monoisotopic (exact) mass is 403 g/mol. The largest absolute Gasteiger partial charge is 0.494 e. The highest BCUT2D eigenvalue weighted by Crippen LogP contribution is 2.26. The third kappa shape index (κ3) is 5.77. The summed E-state index contributed by atoms with van der Waals surface area (Å²) in [6, 6.07) is 13.8. The zero-order valence-corrected chi connectivity index (χ0v) is 16.3. The second-order valence-electron chi connectivity index (χ2n) is 5.50. The highest BCUT2D eigenvalue weighted by molar-refractivity contribution is 7.98. The number of hydrogen-bond acceptors (Lipinski definition) is 6. The van der Waals surface area contributed by atoms with Crippen molar-refractivity contribution in [2.24, 2.45) is 0 Å². The Balaban J connectivity index is 1.49.